The van der Waals surface area contributed by atoms with Crippen LogP contribution in [0.15, 0.2) is 42.6 Å². The van der Waals surface area contributed by atoms with Gasteiger partial charge in [0.05, 0.1) is 7.11 Å². The maximum Gasteiger partial charge on any atom is 0.420 e. The number of ether oxygens (including phenoxy) is 1. The van der Waals surface area contributed by atoms with E-state index in [1.165, 1.54) is 0 Å². The molecule has 2 rings (SSSR count). The quantitative estimate of drug-likeness (QED) is 0.508. The molecule has 1 heterocycles. The van der Waals surface area contributed by atoms with Gasteiger partial charge in [-0.3, -0.25) is 4.79 Å². The van der Waals surface area contributed by atoms with Crippen LogP contribution in [-0.4, -0.2) is 52.1 Å². The first-order valence-corrected chi connectivity index (χ1v) is 6.59. The number of nitrogens with zero attached hydrogens (tertiary/aromatic N) is 2. The Morgan fingerprint density at radius 3 is 2.35 bits per heavy atom. The van der Waals surface area contributed by atoms with Crippen molar-refractivity contribution < 1.29 is 29.0 Å². The molecule has 0 bridgehead atoms. The number of esters is 1. The Balaban J connectivity index is 2.38. The van der Waals surface area contributed by atoms with Crippen LogP contribution >= 0.6 is 0 Å². The lowest BCUT2D eigenvalue weighted by atomic mass is 10.0. The minimum absolute atomic E-state index is 0.00569. The summed E-state index contributed by atoms with van der Waals surface area (Å²) in [5.41, 5.74) is 0.160. The van der Waals surface area contributed by atoms with Crippen molar-refractivity contribution in [3.8, 4) is 0 Å². The molecule has 0 radical (unpaired) electrons. The molecule has 1 aromatic carbocycles. The second-order valence-corrected chi connectivity index (χ2v) is 4.75. The summed E-state index contributed by atoms with van der Waals surface area (Å²) in [6.07, 6.45) is -1.63. The van der Waals surface area contributed by atoms with E-state index in [1.54, 1.807) is 30.3 Å². The molecular weight excluding hydrogens is 304 g/mol. The first-order valence-electron chi connectivity index (χ1n) is 6.59. The number of urea groups is 1. The summed E-state index contributed by atoms with van der Waals surface area (Å²) in [5, 5.41) is 9.01. The van der Waals surface area contributed by atoms with Crippen molar-refractivity contribution in [1.82, 2.24) is 9.80 Å². The molecule has 0 spiro atoms. The summed E-state index contributed by atoms with van der Waals surface area (Å²) in [6.45, 7) is 3.29. The molecule has 0 saturated carbocycles. The van der Waals surface area contributed by atoms with Gasteiger partial charge in [-0.25, -0.2) is 19.3 Å². The van der Waals surface area contributed by atoms with Gasteiger partial charge in [-0.1, -0.05) is 36.9 Å². The van der Waals surface area contributed by atoms with Crippen LogP contribution in [0.25, 0.3) is 0 Å². The molecule has 1 aliphatic rings. The number of carboxylic acid groups (broad SMARTS) is 1. The lowest BCUT2D eigenvalue weighted by molar-refractivity contribution is -0.148. The lowest BCUT2D eigenvalue weighted by Crippen LogP contribution is -2.48. The molecule has 120 valence electrons. The number of amides is 4. The van der Waals surface area contributed by atoms with Gasteiger partial charge in [-0.2, -0.15) is 4.90 Å². The van der Waals surface area contributed by atoms with E-state index in [0.717, 1.165) is 7.11 Å². The molecule has 1 aromatic rings. The molecule has 0 aliphatic carbocycles. The normalized spacial score (nSPS) is 15.8. The third kappa shape index (κ3) is 2.91. The Kier molecular flexibility index (Phi) is 4.44. The Labute approximate surface area is 131 Å². The molecule has 0 aromatic heterocycles. The standard InChI is InChI=1S/C15H14N2O6/c1-9-12(18)17(14(20)16(9)15(21)22)11(13(19)23-2)8-10-6-4-3-5-7-10/h3-7,11H,1,8H2,2H3,(H,21,22)/t11-/m0/s1. The first kappa shape index (κ1) is 16.2. The number of hydrogen-bond acceptors (Lipinski definition) is 5. The second kappa shape index (κ2) is 6.30. The highest BCUT2D eigenvalue weighted by molar-refractivity contribution is 6.18. The fourth-order valence-corrected chi connectivity index (χ4v) is 2.27. The van der Waals surface area contributed by atoms with Gasteiger partial charge < -0.3 is 9.84 Å². The van der Waals surface area contributed by atoms with Crippen molar-refractivity contribution in [2.75, 3.05) is 7.11 Å². The highest BCUT2D eigenvalue weighted by atomic mass is 16.5. The van der Waals surface area contributed by atoms with Gasteiger partial charge in [0.25, 0.3) is 5.91 Å². The van der Waals surface area contributed by atoms with E-state index in [0.29, 0.717) is 10.5 Å². The SMILES string of the molecule is C=C1C(=O)N([C@@H](Cc2ccccc2)C(=O)OC)C(=O)N1C(=O)O. The van der Waals surface area contributed by atoms with Gasteiger partial charge in [0.1, 0.15) is 11.7 Å². The lowest BCUT2D eigenvalue weighted by Gasteiger charge is -2.23. The molecule has 1 atom stereocenters. The number of carbonyl (C=O) groups excluding carboxylic acids is 3. The molecule has 0 unspecified atom stereocenters. The van der Waals surface area contributed by atoms with Gasteiger partial charge in [-0.05, 0) is 5.56 Å². The van der Waals surface area contributed by atoms with Gasteiger partial charge >= 0.3 is 18.1 Å². The van der Waals surface area contributed by atoms with Crippen LogP contribution in [0.5, 0.6) is 0 Å². The maximum absolute atomic E-state index is 12.2. The van der Waals surface area contributed by atoms with Crippen molar-refractivity contribution >= 4 is 24.0 Å². The molecule has 23 heavy (non-hydrogen) atoms. The topological polar surface area (TPSA) is 104 Å². The second-order valence-electron chi connectivity index (χ2n) is 4.75. The highest BCUT2D eigenvalue weighted by Crippen LogP contribution is 2.24. The predicted molar refractivity (Wildman–Crippen MR) is 77.2 cm³/mol. The van der Waals surface area contributed by atoms with Crippen LogP contribution in [0, 0.1) is 0 Å². The minimum atomic E-state index is -1.64. The van der Waals surface area contributed by atoms with E-state index in [2.05, 4.69) is 11.3 Å². The molecule has 8 nitrogen and oxygen atoms in total. The van der Waals surface area contributed by atoms with Crippen LogP contribution in [0.2, 0.25) is 0 Å². The summed E-state index contributed by atoms with van der Waals surface area (Å²) in [7, 11) is 1.12. The zero-order valence-corrected chi connectivity index (χ0v) is 12.3. The Morgan fingerprint density at radius 2 is 1.87 bits per heavy atom. The summed E-state index contributed by atoms with van der Waals surface area (Å²) in [6, 6.07) is 6.26. The van der Waals surface area contributed by atoms with E-state index >= 15 is 0 Å². The van der Waals surface area contributed by atoms with Crippen LogP contribution in [0.1, 0.15) is 5.56 Å². The fraction of sp³-hybridized carbons (Fsp3) is 0.200. The van der Waals surface area contributed by atoms with Gasteiger partial charge in [0, 0.05) is 6.42 Å². The van der Waals surface area contributed by atoms with Crippen LogP contribution in [-0.2, 0) is 20.7 Å². The van der Waals surface area contributed by atoms with Crippen molar-refractivity contribution in [3.05, 3.63) is 48.2 Å². The summed E-state index contributed by atoms with van der Waals surface area (Å²) in [5.74, 6) is -1.76. The summed E-state index contributed by atoms with van der Waals surface area (Å²) in [4.78, 5) is 48.2. The maximum atomic E-state index is 12.2. The molecule has 4 amide bonds. The third-order valence-electron chi connectivity index (χ3n) is 3.38. The van der Waals surface area contributed by atoms with Crippen LogP contribution < -0.4 is 0 Å². The molecule has 1 N–H and O–H groups in total. The Morgan fingerprint density at radius 1 is 1.26 bits per heavy atom. The van der Waals surface area contributed by atoms with E-state index < -0.39 is 35.7 Å². The molecule has 8 heteroatoms. The molecule has 1 saturated heterocycles. The van der Waals surface area contributed by atoms with Gasteiger partial charge in [-0.15, -0.1) is 0 Å². The minimum Gasteiger partial charge on any atom is -0.467 e. The van der Waals surface area contributed by atoms with Gasteiger partial charge in [0.15, 0.2) is 0 Å². The monoisotopic (exact) mass is 318 g/mol. The zero-order valence-electron chi connectivity index (χ0n) is 12.3. The number of methoxy groups -OCH3 is 1. The van der Waals surface area contributed by atoms with Crippen molar-refractivity contribution in [2.45, 2.75) is 12.5 Å². The smallest absolute Gasteiger partial charge is 0.420 e. The Bertz CT molecular complexity index is 684. The zero-order chi connectivity index (χ0) is 17.1. The molecular formula is C15H14N2O6. The number of rotatable bonds is 4. The van der Waals surface area contributed by atoms with Crippen LogP contribution in [0.4, 0.5) is 9.59 Å². The predicted octanol–water partition coefficient (Wildman–Crippen LogP) is 1.23. The summed E-state index contributed by atoms with van der Waals surface area (Å²) >= 11 is 0. The van der Waals surface area contributed by atoms with E-state index in [4.69, 9.17) is 5.11 Å². The fourth-order valence-electron chi connectivity index (χ4n) is 2.27. The molecule has 1 aliphatic heterocycles. The van der Waals surface area contributed by atoms with Crippen LogP contribution in [0.3, 0.4) is 0 Å². The average molecular weight is 318 g/mol. The van der Waals surface area contributed by atoms with Crippen molar-refractivity contribution in [1.29, 1.82) is 0 Å². The largest absolute Gasteiger partial charge is 0.467 e. The average Bonchev–Trinajstić information content (AvgIpc) is 2.75. The highest BCUT2D eigenvalue weighted by Gasteiger charge is 2.49. The van der Waals surface area contributed by atoms with Crippen molar-refractivity contribution in [2.24, 2.45) is 0 Å². The number of hydrogen-bond donors (Lipinski definition) is 1. The van der Waals surface area contributed by atoms with E-state index in [-0.39, 0.29) is 11.3 Å². The third-order valence-corrected chi connectivity index (χ3v) is 3.38. The number of carbonyl (C=O) groups is 4. The van der Waals surface area contributed by atoms with Gasteiger partial charge in [0.2, 0.25) is 0 Å². The van der Waals surface area contributed by atoms with Crippen molar-refractivity contribution in [3.63, 3.8) is 0 Å². The molecule has 1 fully saturated rings. The number of imide groups is 2. The first-order chi connectivity index (χ1) is 10.9. The van der Waals surface area contributed by atoms with E-state index in [1.807, 2.05) is 0 Å². The van der Waals surface area contributed by atoms with E-state index in [9.17, 15) is 19.2 Å². The summed E-state index contributed by atoms with van der Waals surface area (Å²) < 4.78 is 4.64. The number of benzene rings is 1. The Hall–Kier alpha value is -3.16.